The molecule has 150 valence electrons. The van der Waals surface area contributed by atoms with Crippen LogP contribution < -0.4 is 11.5 Å². The minimum absolute atomic E-state index is 0.223. The molecule has 0 amide bonds. The fourth-order valence-corrected chi connectivity index (χ4v) is 3.31. The van der Waals surface area contributed by atoms with Crippen LogP contribution in [0.25, 0.3) is 0 Å². The van der Waals surface area contributed by atoms with Gasteiger partial charge in [-0.05, 0) is 46.1 Å². The fourth-order valence-electron chi connectivity index (χ4n) is 3.31. The predicted octanol–water partition coefficient (Wildman–Crippen LogP) is 5.24. The molecular weight excluding hydrogens is 306 g/mol. The third-order valence-electron chi connectivity index (χ3n) is 4.58. The summed E-state index contributed by atoms with van der Waals surface area (Å²) in [7, 11) is 0. The van der Waals surface area contributed by atoms with Gasteiger partial charge in [-0.3, -0.25) is 0 Å². The highest BCUT2D eigenvalue weighted by atomic mass is 15.1. The Bertz CT molecular complexity index is 277. The van der Waals surface area contributed by atoms with Crippen molar-refractivity contribution >= 4 is 0 Å². The van der Waals surface area contributed by atoms with Gasteiger partial charge in [-0.2, -0.15) is 0 Å². The van der Waals surface area contributed by atoms with Crippen LogP contribution in [0.1, 0.15) is 97.8 Å². The molecule has 25 heavy (non-hydrogen) atoms. The van der Waals surface area contributed by atoms with Crippen molar-refractivity contribution in [1.82, 2.24) is 4.90 Å². The Kier molecular flexibility index (Phi) is 18.1. The standard InChI is InChI=1S/C22H47N3/c1-4-5-6-7-8-9-10-11-12-13-14-15-16-17-18-25(19-21(2)23)20-22(3)24/h14-15,21-22H,4-13,16-20,23-24H2,1-3H3/b15-14+. The molecule has 3 heteroatoms. The van der Waals surface area contributed by atoms with Gasteiger partial charge in [0.25, 0.3) is 0 Å². The zero-order valence-electron chi connectivity index (χ0n) is 17.5. The molecule has 0 bridgehead atoms. The van der Waals surface area contributed by atoms with Crippen LogP contribution in [-0.2, 0) is 0 Å². The van der Waals surface area contributed by atoms with E-state index in [1.165, 1.54) is 77.0 Å². The van der Waals surface area contributed by atoms with E-state index in [2.05, 4.69) is 37.8 Å². The van der Waals surface area contributed by atoms with Crippen molar-refractivity contribution in [2.75, 3.05) is 19.6 Å². The van der Waals surface area contributed by atoms with Crippen LogP contribution in [0.4, 0.5) is 0 Å². The van der Waals surface area contributed by atoms with Gasteiger partial charge in [-0.1, -0.05) is 70.4 Å². The van der Waals surface area contributed by atoms with Gasteiger partial charge in [0, 0.05) is 25.2 Å². The number of unbranched alkanes of at least 4 members (excludes halogenated alkanes) is 10. The Morgan fingerprint density at radius 2 is 1.12 bits per heavy atom. The maximum absolute atomic E-state index is 5.92. The molecule has 0 saturated heterocycles. The molecule has 0 spiro atoms. The van der Waals surface area contributed by atoms with Crippen molar-refractivity contribution in [2.45, 2.75) is 110 Å². The van der Waals surface area contributed by atoms with Crippen LogP contribution in [0.3, 0.4) is 0 Å². The van der Waals surface area contributed by atoms with Crippen LogP contribution in [0.5, 0.6) is 0 Å². The smallest absolute Gasteiger partial charge is 0.0139 e. The van der Waals surface area contributed by atoms with Gasteiger partial charge in [0.1, 0.15) is 0 Å². The summed E-state index contributed by atoms with van der Waals surface area (Å²) in [5, 5.41) is 0. The Morgan fingerprint density at radius 3 is 1.60 bits per heavy atom. The summed E-state index contributed by atoms with van der Waals surface area (Å²) in [6, 6.07) is 0.446. The zero-order chi connectivity index (χ0) is 18.8. The van der Waals surface area contributed by atoms with E-state index in [-0.39, 0.29) is 12.1 Å². The predicted molar refractivity (Wildman–Crippen MR) is 114 cm³/mol. The lowest BCUT2D eigenvalue weighted by atomic mass is 10.1. The first-order chi connectivity index (χ1) is 12.1. The Morgan fingerprint density at radius 1 is 0.680 bits per heavy atom. The van der Waals surface area contributed by atoms with Crippen molar-refractivity contribution in [3.63, 3.8) is 0 Å². The van der Waals surface area contributed by atoms with Crippen LogP contribution >= 0.6 is 0 Å². The average molecular weight is 354 g/mol. The first-order valence-electron chi connectivity index (χ1n) is 10.9. The van der Waals surface area contributed by atoms with Crippen molar-refractivity contribution < 1.29 is 0 Å². The third kappa shape index (κ3) is 19.8. The minimum atomic E-state index is 0.223. The van der Waals surface area contributed by atoms with E-state index in [9.17, 15) is 0 Å². The second-order valence-electron chi connectivity index (χ2n) is 7.94. The van der Waals surface area contributed by atoms with E-state index in [1.807, 2.05) is 0 Å². The first kappa shape index (κ1) is 24.6. The van der Waals surface area contributed by atoms with E-state index in [0.29, 0.717) is 0 Å². The molecule has 0 aromatic rings. The molecule has 0 aliphatic rings. The molecule has 0 heterocycles. The van der Waals surface area contributed by atoms with Gasteiger partial charge in [0.15, 0.2) is 0 Å². The average Bonchev–Trinajstić information content (AvgIpc) is 2.54. The quantitative estimate of drug-likeness (QED) is 0.262. The summed E-state index contributed by atoms with van der Waals surface area (Å²) in [4.78, 5) is 2.41. The van der Waals surface area contributed by atoms with Crippen molar-refractivity contribution in [2.24, 2.45) is 11.5 Å². The molecule has 2 atom stereocenters. The second-order valence-corrected chi connectivity index (χ2v) is 7.94. The van der Waals surface area contributed by atoms with E-state index in [4.69, 9.17) is 11.5 Å². The lowest BCUT2D eigenvalue weighted by molar-refractivity contribution is 0.247. The Balaban J connectivity index is 3.46. The van der Waals surface area contributed by atoms with Gasteiger partial charge in [-0.25, -0.2) is 0 Å². The summed E-state index contributed by atoms with van der Waals surface area (Å²) in [6.07, 6.45) is 21.0. The molecule has 0 fully saturated rings. The summed E-state index contributed by atoms with van der Waals surface area (Å²) < 4.78 is 0. The third-order valence-corrected chi connectivity index (χ3v) is 4.58. The highest BCUT2D eigenvalue weighted by Crippen LogP contribution is 2.10. The number of nitrogens with two attached hydrogens (primary N) is 2. The second kappa shape index (κ2) is 18.4. The number of rotatable bonds is 18. The van der Waals surface area contributed by atoms with Crippen LogP contribution in [0.2, 0.25) is 0 Å². The van der Waals surface area contributed by atoms with Gasteiger partial charge in [0.05, 0.1) is 0 Å². The molecule has 2 unspecified atom stereocenters. The highest BCUT2D eigenvalue weighted by Gasteiger charge is 2.08. The number of hydrogen-bond donors (Lipinski definition) is 2. The van der Waals surface area contributed by atoms with Crippen molar-refractivity contribution in [3.05, 3.63) is 12.2 Å². The minimum Gasteiger partial charge on any atom is -0.327 e. The molecule has 4 N–H and O–H groups in total. The van der Waals surface area contributed by atoms with Crippen LogP contribution in [-0.4, -0.2) is 36.6 Å². The van der Waals surface area contributed by atoms with Gasteiger partial charge >= 0.3 is 0 Å². The molecule has 0 radical (unpaired) electrons. The monoisotopic (exact) mass is 353 g/mol. The van der Waals surface area contributed by atoms with E-state index < -0.39 is 0 Å². The van der Waals surface area contributed by atoms with Crippen molar-refractivity contribution in [3.8, 4) is 0 Å². The SMILES string of the molecule is CCCCCCCCCCC/C=C/CCCN(CC(C)N)CC(C)N. The summed E-state index contributed by atoms with van der Waals surface area (Å²) in [6.45, 7) is 9.42. The van der Waals surface area contributed by atoms with Crippen molar-refractivity contribution in [1.29, 1.82) is 0 Å². The zero-order valence-corrected chi connectivity index (χ0v) is 17.5. The molecular formula is C22H47N3. The molecule has 3 nitrogen and oxygen atoms in total. The normalized spacial score (nSPS) is 14.5. The summed E-state index contributed by atoms with van der Waals surface area (Å²) >= 11 is 0. The molecule has 0 saturated carbocycles. The maximum atomic E-state index is 5.92. The van der Waals surface area contributed by atoms with Gasteiger partial charge in [0.2, 0.25) is 0 Å². The molecule has 0 aromatic carbocycles. The summed E-state index contributed by atoms with van der Waals surface area (Å²) in [5.41, 5.74) is 11.8. The first-order valence-corrected chi connectivity index (χ1v) is 10.9. The maximum Gasteiger partial charge on any atom is 0.0139 e. The van der Waals surface area contributed by atoms with E-state index in [1.54, 1.807) is 0 Å². The van der Waals surface area contributed by atoms with Gasteiger partial charge < -0.3 is 16.4 Å². The van der Waals surface area contributed by atoms with E-state index >= 15 is 0 Å². The number of allylic oxidation sites excluding steroid dienone is 2. The van der Waals surface area contributed by atoms with Crippen LogP contribution in [0.15, 0.2) is 12.2 Å². The Hall–Kier alpha value is -0.380. The summed E-state index contributed by atoms with van der Waals surface area (Å²) in [5.74, 6) is 0. The molecule has 0 aromatic heterocycles. The van der Waals surface area contributed by atoms with Gasteiger partial charge in [-0.15, -0.1) is 0 Å². The number of nitrogens with zero attached hydrogens (tertiary/aromatic N) is 1. The highest BCUT2D eigenvalue weighted by molar-refractivity contribution is 4.82. The Labute approximate surface area is 158 Å². The lowest BCUT2D eigenvalue weighted by Gasteiger charge is -2.25. The topological polar surface area (TPSA) is 55.3 Å². The molecule has 0 rings (SSSR count). The lowest BCUT2D eigenvalue weighted by Crippen LogP contribution is -2.42. The fraction of sp³-hybridized carbons (Fsp3) is 0.909. The number of hydrogen-bond acceptors (Lipinski definition) is 3. The molecule has 0 aliphatic heterocycles. The van der Waals surface area contributed by atoms with E-state index in [0.717, 1.165) is 19.6 Å². The molecule has 0 aliphatic carbocycles. The van der Waals surface area contributed by atoms with Crippen LogP contribution in [0, 0.1) is 0 Å². The largest absolute Gasteiger partial charge is 0.327 e.